The van der Waals surface area contributed by atoms with Crippen molar-refractivity contribution in [3.63, 3.8) is 0 Å². The number of ether oxygens (including phenoxy) is 1. The molecule has 0 radical (unpaired) electrons. The number of aromatic nitrogens is 1. The van der Waals surface area contributed by atoms with Crippen molar-refractivity contribution in [1.82, 2.24) is 10.3 Å². The van der Waals surface area contributed by atoms with Gasteiger partial charge in [0.15, 0.2) is 17.4 Å². The van der Waals surface area contributed by atoms with Crippen LogP contribution < -0.4 is 10.1 Å². The maximum atomic E-state index is 12.2. The van der Waals surface area contributed by atoms with Gasteiger partial charge in [0.1, 0.15) is 5.75 Å². The average Bonchev–Trinajstić information content (AvgIpc) is 3.42. The van der Waals surface area contributed by atoms with E-state index in [1.807, 2.05) is 61.5 Å². The Morgan fingerprint density at radius 2 is 1.79 bits per heavy atom. The minimum absolute atomic E-state index is 0.0342. The normalized spacial score (nSPS) is 10.7. The number of nitrogens with zero attached hydrogens (tertiary/aromatic N) is 1. The second-order valence-electron chi connectivity index (χ2n) is 6.46. The van der Waals surface area contributed by atoms with E-state index < -0.39 is 0 Å². The molecule has 0 atom stereocenters. The summed E-state index contributed by atoms with van der Waals surface area (Å²) >= 11 is 1.51. The average molecular weight is 404 g/mol. The van der Waals surface area contributed by atoms with Gasteiger partial charge < -0.3 is 14.5 Å². The first-order valence-electron chi connectivity index (χ1n) is 9.24. The Morgan fingerprint density at radius 3 is 2.52 bits per heavy atom. The molecule has 0 aliphatic rings. The summed E-state index contributed by atoms with van der Waals surface area (Å²) in [6.07, 6.45) is 1.62. The smallest absolute Gasteiger partial charge is 0.258 e. The molecule has 4 aromatic rings. The highest BCUT2D eigenvalue weighted by atomic mass is 32.1. The van der Waals surface area contributed by atoms with Crippen LogP contribution in [-0.2, 0) is 11.3 Å². The molecule has 2 aromatic heterocycles. The maximum absolute atomic E-state index is 12.2. The molecule has 1 amide bonds. The monoisotopic (exact) mass is 404 g/mol. The topological polar surface area (TPSA) is 64.4 Å². The molecule has 146 valence electrons. The highest BCUT2D eigenvalue weighted by Gasteiger charge is 2.12. The second kappa shape index (κ2) is 8.75. The Bertz CT molecular complexity index is 1070. The molecular formula is C23H20N2O3S. The number of thiazole rings is 1. The van der Waals surface area contributed by atoms with Crippen molar-refractivity contribution < 1.29 is 13.9 Å². The first kappa shape index (κ1) is 19.0. The first-order valence-corrected chi connectivity index (χ1v) is 10.1. The Kier molecular flexibility index (Phi) is 5.72. The van der Waals surface area contributed by atoms with Crippen molar-refractivity contribution in [2.45, 2.75) is 13.5 Å². The molecule has 2 aromatic carbocycles. The predicted octanol–water partition coefficient (Wildman–Crippen LogP) is 5.07. The molecular weight excluding hydrogens is 384 g/mol. The Labute approximate surface area is 173 Å². The zero-order chi connectivity index (χ0) is 20.1. The molecule has 0 spiro atoms. The second-order valence-corrected chi connectivity index (χ2v) is 7.54. The predicted molar refractivity (Wildman–Crippen MR) is 114 cm³/mol. The zero-order valence-corrected chi connectivity index (χ0v) is 16.7. The number of rotatable bonds is 7. The van der Waals surface area contributed by atoms with Crippen molar-refractivity contribution in [3.05, 3.63) is 83.6 Å². The fraction of sp³-hybridized carbons (Fsp3) is 0.130. The molecule has 0 fully saturated rings. The van der Waals surface area contributed by atoms with Crippen LogP contribution in [0.1, 0.15) is 10.6 Å². The summed E-state index contributed by atoms with van der Waals surface area (Å²) in [5.41, 5.74) is 3.14. The number of amides is 1. The lowest BCUT2D eigenvalue weighted by atomic mass is 10.1. The summed E-state index contributed by atoms with van der Waals surface area (Å²) in [5.74, 6) is 1.22. The summed E-state index contributed by atoms with van der Waals surface area (Å²) in [6, 6.07) is 21.5. The summed E-state index contributed by atoms with van der Waals surface area (Å²) < 4.78 is 11.0. The third kappa shape index (κ3) is 4.73. The van der Waals surface area contributed by atoms with Gasteiger partial charge in [-0.25, -0.2) is 4.98 Å². The van der Waals surface area contributed by atoms with Crippen LogP contribution in [-0.4, -0.2) is 17.5 Å². The molecule has 0 aliphatic heterocycles. The van der Waals surface area contributed by atoms with E-state index in [2.05, 4.69) is 22.4 Å². The number of carbonyl (C=O) groups excluding carboxylic acids is 1. The molecule has 2 heterocycles. The highest BCUT2D eigenvalue weighted by molar-refractivity contribution is 7.15. The van der Waals surface area contributed by atoms with Crippen molar-refractivity contribution in [1.29, 1.82) is 0 Å². The SMILES string of the molecule is Cc1nc(-c2ccco2)sc1CNC(=O)COc1ccc(-c2ccccc2)cc1. The van der Waals surface area contributed by atoms with E-state index in [4.69, 9.17) is 9.15 Å². The van der Waals surface area contributed by atoms with Crippen LogP contribution in [0.15, 0.2) is 77.4 Å². The van der Waals surface area contributed by atoms with Gasteiger partial charge in [-0.1, -0.05) is 42.5 Å². The minimum atomic E-state index is -0.176. The molecule has 29 heavy (non-hydrogen) atoms. The lowest BCUT2D eigenvalue weighted by Crippen LogP contribution is -2.28. The minimum Gasteiger partial charge on any atom is -0.484 e. The molecule has 0 bridgehead atoms. The van der Waals surface area contributed by atoms with E-state index in [1.54, 1.807) is 6.26 Å². The van der Waals surface area contributed by atoms with E-state index in [-0.39, 0.29) is 12.5 Å². The summed E-state index contributed by atoms with van der Waals surface area (Å²) in [7, 11) is 0. The van der Waals surface area contributed by atoms with Crippen molar-refractivity contribution in [2.75, 3.05) is 6.61 Å². The van der Waals surface area contributed by atoms with E-state index in [0.717, 1.165) is 32.5 Å². The van der Waals surface area contributed by atoms with Crippen LogP contribution in [0, 0.1) is 6.92 Å². The molecule has 0 unspecified atom stereocenters. The van der Waals surface area contributed by atoms with Crippen molar-refractivity contribution in [3.8, 4) is 27.6 Å². The molecule has 0 aliphatic carbocycles. The number of carbonyl (C=O) groups is 1. The zero-order valence-electron chi connectivity index (χ0n) is 15.9. The molecule has 5 nitrogen and oxygen atoms in total. The number of benzene rings is 2. The van der Waals surface area contributed by atoms with E-state index in [9.17, 15) is 4.79 Å². The van der Waals surface area contributed by atoms with E-state index in [0.29, 0.717) is 12.3 Å². The van der Waals surface area contributed by atoms with Gasteiger partial charge >= 0.3 is 0 Å². The van der Waals surface area contributed by atoms with Crippen LogP contribution >= 0.6 is 11.3 Å². The van der Waals surface area contributed by atoms with Crippen molar-refractivity contribution >= 4 is 17.2 Å². The summed E-state index contributed by atoms with van der Waals surface area (Å²) in [6.45, 7) is 2.31. The van der Waals surface area contributed by atoms with Gasteiger partial charge in [0.2, 0.25) is 0 Å². The fourth-order valence-corrected chi connectivity index (χ4v) is 3.82. The first-order chi connectivity index (χ1) is 14.2. The number of hydrogen-bond acceptors (Lipinski definition) is 5. The van der Waals surface area contributed by atoms with Crippen LogP contribution in [0.3, 0.4) is 0 Å². The standard InChI is InChI=1S/C23H20N2O3S/c1-16-21(29-23(25-16)20-8-5-13-27-20)14-24-22(26)15-28-19-11-9-18(10-12-19)17-6-3-2-4-7-17/h2-13H,14-15H2,1H3,(H,24,26). The van der Waals surface area contributed by atoms with Crippen molar-refractivity contribution in [2.24, 2.45) is 0 Å². The number of nitrogens with one attached hydrogen (secondary N) is 1. The van der Waals surface area contributed by atoms with Gasteiger partial charge in [-0.3, -0.25) is 4.79 Å². The van der Waals surface area contributed by atoms with Gasteiger partial charge in [0.05, 0.1) is 18.5 Å². The Balaban J connectivity index is 1.28. The van der Waals surface area contributed by atoms with Gasteiger partial charge in [-0.05, 0) is 42.3 Å². The van der Waals surface area contributed by atoms with Gasteiger partial charge in [0, 0.05) is 4.88 Å². The summed E-state index contributed by atoms with van der Waals surface area (Å²) in [4.78, 5) is 17.7. The summed E-state index contributed by atoms with van der Waals surface area (Å²) in [5, 5.41) is 3.69. The van der Waals surface area contributed by atoms with Crippen LogP contribution in [0.2, 0.25) is 0 Å². The number of furan rings is 1. The molecule has 6 heteroatoms. The Hall–Kier alpha value is -3.38. The molecule has 0 saturated carbocycles. The van der Waals surface area contributed by atoms with Gasteiger partial charge in [0.25, 0.3) is 5.91 Å². The van der Waals surface area contributed by atoms with Crippen LogP contribution in [0.4, 0.5) is 0 Å². The Morgan fingerprint density at radius 1 is 1.03 bits per heavy atom. The van der Waals surface area contributed by atoms with Gasteiger partial charge in [-0.15, -0.1) is 11.3 Å². The van der Waals surface area contributed by atoms with Gasteiger partial charge in [-0.2, -0.15) is 0 Å². The lowest BCUT2D eigenvalue weighted by molar-refractivity contribution is -0.123. The molecule has 1 N–H and O–H groups in total. The quantitative estimate of drug-likeness (QED) is 0.467. The third-order valence-corrected chi connectivity index (χ3v) is 5.57. The van der Waals surface area contributed by atoms with Crippen LogP contribution in [0.25, 0.3) is 21.9 Å². The van der Waals surface area contributed by atoms with Crippen LogP contribution in [0.5, 0.6) is 5.75 Å². The fourth-order valence-electron chi connectivity index (χ4n) is 2.85. The van der Waals surface area contributed by atoms with E-state index >= 15 is 0 Å². The number of hydrogen-bond donors (Lipinski definition) is 1. The third-order valence-electron chi connectivity index (χ3n) is 4.40. The lowest BCUT2D eigenvalue weighted by Gasteiger charge is -2.08. The molecule has 0 saturated heterocycles. The molecule has 4 rings (SSSR count). The number of aryl methyl sites for hydroxylation is 1. The highest BCUT2D eigenvalue weighted by Crippen LogP contribution is 2.28. The maximum Gasteiger partial charge on any atom is 0.258 e. The largest absolute Gasteiger partial charge is 0.484 e. The van der Waals surface area contributed by atoms with E-state index in [1.165, 1.54) is 11.3 Å².